The van der Waals surface area contributed by atoms with Crippen molar-refractivity contribution in [3.05, 3.63) is 59.0 Å². The SMILES string of the molecule is C.C/C1=C\C(C)C(C(C)OC(=O)OCC(CO)CO)OC(=O)CCC2C=CC3=C(C(O)[C@@H](C)C3)C12O.CO.O=C(O)c1ccc[nH]1. The summed E-state index contributed by atoms with van der Waals surface area (Å²) in [6.07, 6.45) is 4.85. The average Bonchev–Trinajstić information content (AvgIpc) is 3.65. The minimum absolute atomic E-state index is 0. The molecule has 2 heterocycles. The van der Waals surface area contributed by atoms with E-state index in [1.807, 2.05) is 39.0 Å². The number of aromatic carboxylic acids is 1. The number of rotatable bonds is 7. The summed E-state index contributed by atoms with van der Waals surface area (Å²) < 4.78 is 16.0. The van der Waals surface area contributed by atoms with E-state index in [2.05, 4.69) is 4.98 Å². The first-order valence-electron chi connectivity index (χ1n) is 14.9. The van der Waals surface area contributed by atoms with Crippen molar-refractivity contribution < 1.29 is 59.2 Å². The van der Waals surface area contributed by atoms with Crippen molar-refractivity contribution in [1.29, 1.82) is 0 Å². The normalized spacial score (nSPS) is 28.7. The van der Waals surface area contributed by atoms with Crippen molar-refractivity contribution >= 4 is 18.1 Å². The first-order chi connectivity index (χ1) is 21.3. The monoisotopic (exact) mass is 653 g/mol. The number of aromatic amines is 1. The molecule has 0 saturated heterocycles. The van der Waals surface area contributed by atoms with Gasteiger partial charge in [0.25, 0.3) is 0 Å². The number of nitrogens with one attached hydrogen (secondary N) is 1. The van der Waals surface area contributed by atoms with Crippen LogP contribution in [-0.4, -0.2) is 105 Å². The van der Waals surface area contributed by atoms with E-state index >= 15 is 0 Å². The van der Waals surface area contributed by atoms with Crippen molar-refractivity contribution in [2.75, 3.05) is 26.9 Å². The van der Waals surface area contributed by atoms with Crippen LogP contribution in [0.4, 0.5) is 4.79 Å². The van der Waals surface area contributed by atoms with Crippen molar-refractivity contribution in [2.45, 2.75) is 78.3 Å². The number of cyclic esters (lactones) is 1. The lowest BCUT2D eigenvalue weighted by Gasteiger charge is -2.42. The van der Waals surface area contributed by atoms with E-state index in [4.69, 9.17) is 34.6 Å². The number of carbonyl (C=O) groups is 3. The number of aromatic nitrogens is 1. The Labute approximate surface area is 270 Å². The highest BCUT2D eigenvalue weighted by molar-refractivity contribution is 5.85. The summed E-state index contributed by atoms with van der Waals surface area (Å²) in [5.41, 5.74) is 0.997. The number of carboxylic acids is 1. The van der Waals surface area contributed by atoms with Crippen LogP contribution in [0.15, 0.2) is 53.3 Å². The molecule has 3 aliphatic rings. The summed E-state index contributed by atoms with van der Waals surface area (Å²) >= 11 is 0. The molecule has 0 radical (unpaired) electrons. The first-order valence-corrected chi connectivity index (χ1v) is 14.9. The van der Waals surface area contributed by atoms with Gasteiger partial charge in [0.1, 0.15) is 30.1 Å². The Morgan fingerprint density at radius 2 is 1.85 bits per heavy atom. The van der Waals surface area contributed by atoms with Gasteiger partial charge >= 0.3 is 18.1 Å². The number of carboxylic acid groups (broad SMARTS) is 1. The number of hydrogen-bond donors (Lipinski definition) is 7. The fourth-order valence-electron chi connectivity index (χ4n) is 5.85. The minimum Gasteiger partial charge on any atom is -0.477 e. The molecular weight excluding hydrogens is 602 g/mol. The third kappa shape index (κ3) is 9.76. The summed E-state index contributed by atoms with van der Waals surface area (Å²) in [6.45, 7) is 6.26. The van der Waals surface area contributed by atoms with Crippen LogP contribution in [0.5, 0.6) is 0 Å². The fraction of sp³-hybridized carbons (Fsp3) is 0.606. The van der Waals surface area contributed by atoms with Gasteiger partial charge in [-0.3, -0.25) is 4.79 Å². The molecule has 13 nitrogen and oxygen atoms in total. The summed E-state index contributed by atoms with van der Waals surface area (Å²) in [7, 11) is 1.00. The van der Waals surface area contributed by atoms with Gasteiger partial charge in [-0.2, -0.15) is 0 Å². The molecule has 260 valence electrons. The summed E-state index contributed by atoms with van der Waals surface area (Å²) in [5, 5.41) is 56.4. The molecular formula is C33H51NO12. The molecule has 0 amide bonds. The number of fused-ring (bicyclic) bond motifs is 2. The van der Waals surface area contributed by atoms with E-state index in [1.54, 1.807) is 19.2 Å². The molecule has 0 aromatic carbocycles. The second-order valence-corrected chi connectivity index (χ2v) is 11.5. The highest BCUT2D eigenvalue weighted by atomic mass is 16.7. The Morgan fingerprint density at radius 3 is 2.39 bits per heavy atom. The van der Waals surface area contributed by atoms with Crippen molar-refractivity contribution in [3.63, 3.8) is 0 Å². The Hall–Kier alpha value is -3.49. The standard InChI is InChI=1S/C26H38O9.C5H5NO2.CH4O.CH4/c1-14-10-19-5-6-20-7-8-21(29)35-24(17(4)34-25(31)33-13-18(11-27)12-28)15(2)9-16(3)26(20,32)22(19)23(14)30;7-5(8)4-2-1-3-6-4;1-2;/h5-6,9,14-15,17-18,20,23-24,27-28,30,32H,7-8,10-13H2,1-4H3;1-3,6H,(H,7,8);2H,1H3;1H4/b16-9+;;;/t14-,15?,17?,20?,23?,24?,26?;;;/m0.../s1. The highest BCUT2D eigenvalue weighted by Gasteiger charge is 2.50. The van der Waals surface area contributed by atoms with Gasteiger partial charge in [0.2, 0.25) is 0 Å². The lowest BCUT2D eigenvalue weighted by molar-refractivity contribution is -0.159. The smallest absolute Gasteiger partial charge is 0.477 e. The minimum atomic E-state index is -1.42. The number of aliphatic hydroxyl groups excluding tert-OH is 4. The topological polar surface area (TPSA) is 216 Å². The van der Waals surface area contributed by atoms with Crippen LogP contribution in [0.25, 0.3) is 0 Å². The number of esters is 1. The molecule has 1 aromatic heterocycles. The summed E-state index contributed by atoms with van der Waals surface area (Å²) in [6, 6.07) is 3.14. The number of hydrogen-bond acceptors (Lipinski definition) is 11. The number of allylic oxidation sites excluding steroid dienone is 2. The van der Waals surface area contributed by atoms with Crippen LogP contribution in [0.1, 0.15) is 64.9 Å². The second-order valence-electron chi connectivity index (χ2n) is 11.5. The zero-order chi connectivity index (χ0) is 33.9. The summed E-state index contributed by atoms with van der Waals surface area (Å²) in [5.74, 6) is -2.84. The quantitative estimate of drug-likeness (QED) is 0.167. The van der Waals surface area contributed by atoms with Crippen LogP contribution in [-0.2, 0) is 19.0 Å². The Balaban J connectivity index is 0.000000827. The lowest BCUT2D eigenvalue weighted by Crippen LogP contribution is -2.47. The lowest BCUT2D eigenvalue weighted by atomic mass is 9.68. The van der Waals surface area contributed by atoms with Gasteiger partial charge < -0.3 is 49.8 Å². The molecule has 6 unspecified atom stereocenters. The molecule has 0 saturated carbocycles. The van der Waals surface area contributed by atoms with E-state index in [0.717, 1.165) is 12.7 Å². The zero-order valence-electron chi connectivity index (χ0n) is 26.4. The zero-order valence-corrected chi connectivity index (χ0v) is 26.4. The molecule has 2 aliphatic carbocycles. The van der Waals surface area contributed by atoms with Gasteiger partial charge in [-0.1, -0.05) is 39.5 Å². The van der Waals surface area contributed by atoms with Gasteiger partial charge in [0, 0.05) is 37.5 Å². The second kappa shape index (κ2) is 18.6. The van der Waals surface area contributed by atoms with E-state index < -0.39 is 53.8 Å². The first kappa shape index (κ1) is 40.5. The Morgan fingerprint density at radius 1 is 1.20 bits per heavy atom. The fourth-order valence-corrected chi connectivity index (χ4v) is 5.85. The van der Waals surface area contributed by atoms with E-state index in [1.165, 1.54) is 6.07 Å². The highest BCUT2D eigenvalue weighted by Crippen LogP contribution is 2.50. The van der Waals surface area contributed by atoms with Crippen molar-refractivity contribution in [3.8, 4) is 0 Å². The number of aliphatic hydroxyl groups is 5. The van der Waals surface area contributed by atoms with E-state index in [-0.39, 0.29) is 51.2 Å². The molecule has 0 fully saturated rings. The maximum atomic E-state index is 12.7. The third-order valence-electron chi connectivity index (χ3n) is 8.29. The maximum absolute atomic E-state index is 12.7. The van der Waals surface area contributed by atoms with Gasteiger partial charge in [-0.25, -0.2) is 9.59 Å². The van der Waals surface area contributed by atoms with Gasteiger partial charge in [0.05, 0.1) is 19.3 Å². The molecule has 13 heteroatoms. The maximum Gasteiger partial charge on any atom is 0.508 e. The molecule has 7 N–H and O–H groups in total. The largest absolute Gasteiger partial charge is 0.508 e. The molecule has 0 spiro atoms. The van der Waals surface area contributed by atoms with Crippen LogP contribution in [0.3, 0.4) is 0 Å². The van der Waals surface area contributed by atoms with Crippen LogP contribution in [0.2, 0.25) is 0 Å². The predicted molar refractivity (Wildman–Crippen MR) is 169 cm³/mol. The summed E-state index contributed by atoms with van der Waals surface area (Å²) in [4.78, 5) is 37.4. The molecule has 7 atom stereocenters. The molecule has 4 rings (SSSR count). The van der Waals surface area contributed by atoms with Crippen molar-refractivity contribution in [2.24, 2.45) is 23.7 Å². The molecule has 1 aliphatic heterocycles. The molecule has 1 aromatic rings. The number of ether oxygens (including phenoxy) is 3. The average molecular weight is 654 g/mol. The van der Waals surface area contributed by atoms with Crippen molar-refractivity contribution in [1.82, 2.24) is 4.98 Å². The third-order valence-corrected chi connectivity index (χ3v) is 8.29. The van der Waals surface area contributed by atoms with Crippen LogP contribution >= 0.6 is 0 Å². The van der Waals surface area contributed by atoms with Crippen LogP contribution < -0.4 is 0 Å². The van der Waals surface area contributed by atoms with Gasteiger partial charge in [-0.05, 0) is 61.5 Å². The van der Waals surface area contributed by atoms with E-state index in [0.29, 0.717) is 24.0 Å². The number of H-pyrrole nitrogens is 1. The Bertz CT molecular complexity index is 1220. The molecule has 46 heavy (non-hydrogen) atoms. The van der Waals surface area contributed by atoms with Gasteiger partial charge in [-0.15, -0.1) is 0 Å². The van der Waals surface area contributed by atoms with Gasteiger partial charge in [0.15, 0.2) is 0 Å². The number of carbonyl (C=O) groups excluding carboxylic acids is 2. The van der Waals surface area contributed by atoms with Crippen LogP contribution in [0, 0.1) is 23.7 Å². The Kier molecular flexibility index (Phi) is 16.4. The molecule has 0 bridgehead atoms. The van der Waals surface area contributed by atoms with E-state index in [9.17, 15) is 24.6 Å². The predicted octanol–water partition coefficient (Wildman–Crippen LogP) is 2.99.